The van der Waals surface area contributed by atoms with Gasteiger partial charge >= 0.3 is 0 Å². The van der Waals surface area contributed by atoms with Gasteiger partial charge in [0.05, 0.1) is 12.8 Å². The van der Waals surface area contributed by atoms with E-state index in [4.69, 9.17) is 14.6 Å². The molecule has 0 saturated heterocycles. The molecule has 0 bridgehead atoms. The number of nitrogens with one attached hydrogen (secondary N) is 2. The number of ether oxygens (including phenoxy) is 2. The molecule has 0 atom stereocenters. The van der Waals surface area contributed by atoms with Crippen molar-refractivity contribution in [1.29, 1.82) is 0 Å². The summed E-state index contributed by atoms with van der Waals surface area (Å²) < 4.78 is 12.9. The Labute approximate surface area is 199 Å². The summed E-state index contributed by atoms with van der Waals surface area (Å²) in [5, 5.41) is 10.4. The number of benzene rings is 2. The van der Waals surface area contributed by atoms with Crippen molar-refractivity contribution in [2.45, 2.75) is 39.7 Å². The quantitative estimate of drug-likeness (QED) is 0.510. The van der Waals surface area contributed by atoms with Crippen LogP contribution in [0.15, 0.2) is 42.5 Å². The van der Waals surface area contributed by atoms with Crippen molar-refractivity contribution in [2.75, 3.05) is 20.3 Å². The molecule has 1 aliphatic carbocycles. The maximum absolute atomic E-state index is 13.1. The molecule has 0 saturated carbocycles. The summed E-state index contributed by atoms with van der Waals surface area (Å²) in [6, 6.07) is 13.4. The minimum absolute atomic E-state index is 0.0884. The van der Waals surface area contributed by atoms with Crippen LogP contribution in [0.1, 0.15) is 46.2 Å². The molecule has 1 aliphatic rings. The van der Waals surface area contributed by atoms with E-state index in [9.17, 15) is 9.59 Å². The van der Waals surface area contributed by atoms with Gasteiger partial charge in [0.25, 0.3) is 11.8 Å². The smallest absolute Gasteiger partial charge is 0.272 e. The molecule has 3 aromatic rings. The molecule has 2 N–H and O–H groups in total. The number of amides is 2. The van der Waals surface area contributed by atoms with E-state index in [1.807, 2.05) is 35.9 Å². The molecule has 1 heterocycles. The van der Waals surface area contributed by atoms with E-state index in [-0.39, 0.29) is 18.4 Å². The summed E-state index contributed by atoms with van der Waals surface area (Å²) >= 11 is 0. The lowest BCUT2D eigenvalue weighted by Gasteiger charge is -2.12. The van der Waals surface area contributed by atoms with Crippen molar-refractivity contribution in [3.05, 3.63) is 70.5 Å². The van der Waals surface area contributed by atoms with E-state index < -0.39 is 0 Å². The Morgan fingerprint density at radius 1 is 1.09 bits per heavy atom. The second-order valence-corrected chi connectivity index (χ2v) is 8.24. The molecule has 0 radical (unpaired) electrons. The molecule has 2 amide bonds. The highest BCUT2D eigenvalue weighted by molar-refractivity contribution is 5.94. The maximum Gasteiger partial charge on any atom is 0.272 e. The number of aromatic nitrogens is 2. The number of aryl methyl sites for hydroxylation is 1. The zero-order valence-corrected chi connectivity index (χ0v) is 19.8. The third kappa shape index (κ3) is 4.90. The minimum atomic E-state index is -0.196. The van der Waals surface area contributed by atoms with Crippen LogP contribution in [0.5, 0.6) is 11.5 Å². The normalized spacial score (nSPS) is 12.2. The molecule has 0 spiro atoms. The fourth-order valence-electron chi connectivity index (χ4n) is 4.22. The van der Waals surface area contributed by atoms with Gasteiger partial charge in [-0.25, -0.2) is 4.68 Å². The van der Waals surface area contributed by atoms with Crippen molar-refractivity contribution >= 4 is 11.8 Å². The van der Waals surface area contributed by atoms with Crippen LogP contribution in [0, 0.1) is 6.92 Å². The third-order valence-electron chi connectivity index (χ3n) is 5.90. The molecule has 178 valence electrons. The molecular weight excluding hydrogens is 432 g/mol. The van der Waals surface area contributed by atoms with Gasteiger partial charge in [0.2, 0.25) is 0 Å². The number of rotatable bonds is 9. The van der Waals surface area contributed by atoms with Gasteiger partial charge in [0.15, 0.2) is 23.8 Å². The van der Waals surface area contributed by atoms with Crippen molar-refractivity contribution in [3.8, 4) is 17.2 Å². The molecule has 8 heteroatoms. The predicted molar refractivity (Wildman–Crippen MR) is 129 cm³/mol. The number of methoxy groups -OCH3 is 1. The number of para-hydroxylation sites is 1. The van der Waals surface area contributed by atoms with E-state index in [0.29, 0.717) is 30.3 Å². The number of likely N-dealkylation sites (N-methyl/N-ethyl adjacent to an activating group) is 1. The van der Waals surface area contributed by atoms with Gasteiger partial charge < -0.3 is 20.1 Å². The minimum Gasteiger partial charge on any atom is -0.493 e. The standard InChI is InChI=1S/C26H30N4O4/c1-4-27-24(31)16-34-22-13-12-18(14-23(22)33-3)15-28-26(32)25-19-9-7-11-21(19)30(29-25)20-10-6-5-8-17(20)2/h5-6,8,10,12-14H,4,7,9,11,15-16H2,1-3H3,(H,27,31)(H,28,32). The Morgan fingerprint density at radius 2 is 1.91 bits per heavy atom. The monoisotopic (exact) mass is 462 g/mol. The van der Waals surface area contributed by atoms with Crippen LogP contribution in [0.3, 0.4) is 0 Å². The van der Waals surface area contributed by atoms with Gasteiger partial charge in [-0.15, -0.1) is 0 Å². The molecule has 0 aliphatic heterocycles. The van der Waals surface area contributed by atoms with E-state index in [1.54, 1.807) is 12.1 Å². The van der Waals surface area contributed by atoms with Gasteiger partial charge in [0, 0.05) is 24.3 Å². The van der Waals surface area contributed by atoms with E-state index in [0.717, 1.165) is 47.3 Å². The van der Waals surface area contributed by atoms with Gasteiger partial charge in [0.1, 0.15) is 0 Å². The van der Waals surface area contributed by atoms with Gasteiger partial charge in [-0.1, -0.05) is 24.3 Å². The fourth-order valence-corrected chi connectivity index (χ4v) is 4.22. The summed E-state index contributed by atoms with van der Waals surface area (Å²) in [5.74, 6) is 0.582. The van der Waals surface area contributed by atoms with Crippen LogP contribution in [0.4, 0.5) is 0 Å². The Kier molecular flexibility index (Phi) is 7.15. The van der Waals surface area contributed by atoms with Crippen molar-refractivity contribution in [3.63, 3.8) is 0 Å². The summed E-state index contributed by atoms with van der Waals surface area (Å²) in [6.45, 7) is 4.68. The SMILES string of the molecule is CCNC(=O)COc1ccc(CNC(=O)c2nn(-c3ccccc3C)c3c2CCC3)cc1OC. The number of nitrogens with zero attached hydrogens (tertiary/aromatic N) is 2. The van der Waals surface area contributed by atoms with Crippen LogP contribution in [0.2, 0.25) is 0 Å². The first kappa shape index (κ1) is 23.4. The highest BCUT2D eigenvalue weighted by atomic mass is 16.5. The van der Waals surface area contributed by atoms with Crippen molar-refractivity contribution < 1.29 is 19.1 Å². The molecule has 34 heavy (non-hydrogen) atoms. The van der Waals surface area contributed by atoms with Crippen LogP contribution in [-0.2, 0) is 24.2 Å². The Balaban J connectivity index is 1.47. The molecule has 1 aromatic heterocycles. The number of hydrogen-bond acceptors (Lipinski definition) is 5. The summed E-state index contributed by atoms with van der Waals surface area (Å²) in [7, 11) is 1.54. The fraction of sp³-hybridized carbons (Fsp3) is 0.346. The number of fused-ring (bicyclic) bond motifs is 1. The van der Waals surface area contributed by atoms with Crippen LogP contribution < -0.4 is 20.1 Å². The summed E-state index contributed by atoms with van der Waals surface area (Å²) in [5.41, 5.74) is 5.62. The van der Waals surface area contributed by atoms with Crippen molar-refractivity contribution in [1.82, 2.24) is 20.4 Å². The lowest BCUT2D eigenvalue weighted by Crippen LogP contribution is -2.28. The first-order valence-corrected chi connectivity index (χ1v) is 11.5. The van der Waals surface area contributed by atoms with Crippen LogP contribution in [0.25, 0.3) is 5.69 Å². The zero-order valence-electron chi connectivity index (χ0n) is 19.8. The Hall–Kier alpha value is -3.81. The number of carbonyl (C=O) groups is 2. The molecule has 0 unspecified atom stereocenters. The lowest BCUT2D eigenvalue weighted by molar-refractivity contribution is -0.123. The molecule has 0 fully saturated rings. The average molecular weight is 463 g/mol. The lowest BCUT2D eigenvalue weighted by atomic mass is 10.1. The van der Waals surface area contributed by atoms with E-state index in [2.05, 4.69) is 23.6 Å². The molecule has 8 nitrogen and oxygen atoms in total. The van der Waals surface area contributed by atoms with Crippen molar-refractivity contribution in [2.24, 2.45) is 0 Å². The topological polar surface area (TPSA) is 94.5 Å². The zero-order chi connectivity index (χ0) is 24.1. The van der Waals surface area contributed by atoms with Crippen LogP contribution in [-0.4, -0.2) is 41.9 Å². The first-order valence-electron chi connectivity index (χ1n) is 11.5. The molecular formula is C26H30N4O4. The third-order valence-corrected chi connectivity index (χ3v) is 5.90. The highest BCUT2D eigenvalue weighted by Crippen LogP contribution is 2.30. The Morgan fingerprint density at radius 3 is 2.68 bits per heavy atom. The summed E-state index contributed by atoms with van der Waals surface area (Å²) in [6.07, 6.45) is 2.79. The van der Waals surface area contributed by atoms with E-state index >= 15 is 0 Å². The highest BCUT2D eigenvalue weighted by Gasteiger charge is 2.27. The average Bonchev–Trinajstić information content (AvgIpc) is 3.45. The first-order chi connectivity index (χ1) is 16.5. The van der Waals surface area contributed by atoms with Gasteiger partial charge in [-0.05, 0) is 62.4 Å². The molecule has 4 rings (SSSR count). The second kappa shape index (κ2) is 10.4. The van der Waals surface area contributed by atoms with E-state index in [1.165, 1.54) is 7.11 Å². The predicted octanol–water partition coefficient (Wildman–Crippen LogP) is 3.12. The maximum atomic E-state index is 13.1. The summed E-state index contributed by atoms with van der Waals surface area (Å²) in [4.78, 5) is 24.7. The number of carbonyl (C=O) groups excluding carboxylic acids is 2. The second-order valence-electron chi connectivity index (χ2n) is 8.24. The van der Waals surface area contributed by atoms with Gasteiger partial charge in [-0.3, -0.25) is 9.59 Å². The molecule has 2 aromatic carbocycles. The Bertz CT molecular complexity index is 1200. The van der Waals surface area contributed by atoms with Gasteiger partial charge in [-0.2, -0.15) is 5.10 Å². The number of hydrogen-bond donors (Lipinski definition) is 2. The van der Waals surface area contributed by atoms with Crippen LogP contribution >= 0.6 is 0 Å². The largest absolute Gasteiger partial charge is 0.493 e.